The molecular formula is C27H25BrF4N4O3. The van der Waals surface area contributed by atoms with Gasteiger partial charge in [-0.05, 0) is 37.5 Å². The fourth-order valence-electron chi connectivity index (χ4n) is 4.63. The predicted molar refractivity (Wildman–Crippen MR) is 137 cm³/mol. The highest BCUT2D eigenvalue weighted by molar-refractivity contribution is 9.09. The first-order valence-corrected chi connectivity index (χ1v) is 13.2. The van der Waals surface area contributed by atoms with Crippen LogP contribution in [0, 0.1) is 18.6 Å². The van der Waals surface area contributed by atoms with Crippen LogP contribution in [-0.4, -0.2) is 29.1 Å². The number of nitrogens with one attached hydrogen (secondary N) is 2. The average Bonchev–Trinajstić information content (AvgIpc) is 3.45. The molecule has 1 aliphatic heterocycles. The van der Waals surface area contributed by atoms with Gasteiger partial charge in [0.25, 0.3) is 6.43 Å². The standard InChI is InChI=1S/C27H25BrF4N4O3/c1-14-33-19(13-20(37)36-27(9-10-27)15-5-7-16(29)8-6-15)21(26-38-11-12-39-26)25(34-14)35-23(28)17-3-2-4-18(22(17)30)24(31)32/h2-8,23-24,26H,9-13H2,1H3,(H,36,37)(H,33,34,35). The Labute approximate surface area is 230 Å². The summed E-state index contributed by atoms with van der Waals surface area (Å²) in [6, 6.07) is 9.78. The van der Waals surface area contributed by atoms with Gasteiger partial charge < -0.3 is 20.1 Å². The van der Waals surface area contributed by atoms with Gasteiger partial charge in [0.1, 0.15) is 28.2 Å². The van der Waals surface area contributed by atoms with Crippen molar-refractivity contribution >= 4 is 27.7 Å². The summed E-state index contributed by atoms with van der Waals surface area (Å²) in [5.41, 5.74) is 0.185. The smallest absolute Gasteiger partial charge is 0.266 e. The molecule has 1 aliphatic carbocycles. The van der Waals surface area contributed by atoms with Crippen LogP contribution in [0.3, 0.4) is 0 Å². The summed E-state index contributed by atoms with van der Waals surface area (Å²) in [5.74, 6) is -1.18. The van der Waals surface area contributed by atoms with E-state index in [4.69, 9.17) is 9.47 Å². The third-order valence-electron chi connectivity index (χ3n) is 6.68. The van der Waals surface area contributed by atoms with E-state index in [1.807, 2.05) is 0 Å². The number of ether oxygens (including phenoxy) is 2. The molecule has 0 bridgehead atoms. The number of carbonyl (C=O) groups is 1. The van der Waals surface area contributed by atoms with Crippen molar-refractivity contribution in [2.75, 3.05) is 18.5 Å². The maximum atomic E-state index is 14.8. The molecule has 2 fully saturated rings. The molecule has 12 heteroatoms. The minimum absolute atomic E-state index is 0.0439. The highest BCUT2D eigenvalue weighted by atomic mass is 79.9. The molecule has 2 heterocycles. The van der Waals surface area contributed by atoms with Crippen molar-refractivity contribution in [1.82, 2.24) is 15.3 Å². The minimum atomic E-state index is -2.98. The van der Waals surface area contributed by atoms with Crippen LogP contribution in [0.5, 0.6) is 0 Å². The van der Waals surface area contributed by atoms with E-state index in [1.54, 1.807) is 19.1 Å². The summed E-state index contributed by atoms with van der Waals surface area (Å²) in [6.07, 6.45) is -2.56. The highest BCUT2D eigenvalue weighted by Gasteiger charge is 2.45. The molecule has 0 radical (unpaired) electrons. The Kier molecular flexibility index (Phi) is 7.88. The largest absolute Gasteiger partial charge is 0.353 e. The number of amides is 1. The molecule has 1 amide bonds. The highest BCUT2D eigenvalue weighted by Crippen LogP contribution is 2.45. The lowest BCUT2D eigenvalue weighted by Crippen LogP contribution is -2.36. The molecule has 2 N–H and O–H groups in total. The number of rotatable bonds is 9. The lowest BCUT2D eigenvalue weighted by molar-refractivity contribution is -0.121. The molecule has 39 heavy (non-hydrogen) atoms. The zero-order valence-corrected chi connectivity index (χ0v) is 22.4. The van der Waals surface area contributed by atoms with Gasteiger partial charge in [-0.15, -0.1) is 0 Å². The van der Waals surface area contributed by atoms with E-state index in [9.17, 15) is 22.4 Å². The van der Waals surface area contributed by atoms with Crippen LogP contribution in [0.15, 0.2) is 42.5 Å². The molecule has 1 atom stereocenters. The molecule has 206 valence electrons. The van der Waals surface area contributed by atoms with E-state index in [2.05, 4.69) is 36.5 Å². The predicted octanol–water partition coefficient (Wildman–Crippen LogP) is 5.90. The average molecular weight is 609 g/mol. The summed E-state index contributed by atoms with van der Waals surface area (Å²) in [5, 5.41) is 6.06. The van der Waals surface area contributed by atoms with Crippen LogP contribution < -0.4 is 10.6 Å². The number of alkyl halides is 3. The lowest BCUT2D eigenvalue weighted by atomic mass is 10.0. The molecule has 1 saturated heterocycles. The SMILES string of the molecule is Cc1nc(CC(=O)NC2(c3ccc(F)cc3)CC2)c(C2OCCO2)c(NC(Br)c2cccc(C(F)F)c2F)n1. The number of hydrogen-bond donors (Lipinski definition) is 2. The fourth-order valence-corrected chi connectivity index (χ4v) is 5.20. The van der Waals surface area contributed by atoms with Crippen LogP contribution in [0.4, 0.5) is 23.4 Å². The maximum absolute atomic E-state index is 14.8. The number of aryl methyl sites for hydroxylation is 1. The molecule has 7 nitrogen and oxygen atoms in total. The number of halogens is 5. The Morgan fingerprint density at radius 1 is 1.08 bits per heavy atom. The van der Waals surface area contributed by atoms with E-state index in [1.165, 1.54) is 24.3 Å². The van der Waals surface area contributed by atoms with E-state index in [0.717, 1.165) is 24.5 Å². The van der Waals surface area contributed by atoms with Gasteiger partial charge >= 0.3 is 0 Å². The van der Waals surface area contributed by atoms with E-state index >= 15 is 0 Å². The van der Waals surface area contributed by atoms with Gasteiger partial charge in [-0.2, -0.15) is 0 Å². The van der Waals surface area contributed by atoms with Crippen molar-refractivity contribution < 1.29 is 31.8 Å². The van der Waals surface area contributed by atoms with E-state index < -0.39 is 34.6 Å². The van der Waals surface area contributed by atoms with Crippen molar-refractivity contribution in [2.24, 2.45) is 0 Å². The lowest BCUT2D eigenvalue weighted by Gasteiger charge is -2.23. The molecular weight excluding hydrogens is 584 g/mol. The Morgan fingerprint density at radius 2 is 1.74 bits per heavy atom. The third-order valence-corrected chi connectivity index (χ3v) is 7.40. The topological polar surface area (TPSA) is 85.4 Å². The quantitative estimate of drug-likeness (QED) is 0.179. The van der Waals surface area contributed by atoms with Gasteiger partial charge in [-0.3, -0.25) is 4.79 Å². The van der Waals surface area contributed by atoms with Crippen molar-refractivity contribution in [2.45, 2.75) is 49.4 Å². The van der Waals surface area contributed by atoms with Crippen LogP contribution >= 0.6 is 15.9 Å². The zero-order chi connectivity index (χ0) is 27.7. The normalized spacial score (nSPS) is 17.3. The van der Waals surface area contributed by atoms with Crippen LogP contribution in [0.2, 0.25) is 0 Å². The van der Waals surface area contributed by atoms with Gasteiger partial charge in [0.2, 0.25) is 5.91 Å². The van der Waals surface area contributed by atoms with Gasteiger partial charge in [-0.25, -0.2) is 27.5 Å². The second-order valence-corrected chi connectivity index (χ2v) is 10.3. The first-order chi connectivity index (χ1) is 18.7. The molecule has 2 aliphatic rings. The number of nitrogens with zero attached hydrogens (tertiary/aromatic N) is 2. The summed E-state index contributed by atoms with van der Waals surface area (Å²) in [6.45, 7) is 2.25. The number of hydrogen-bond acceptors (Lipinski definition) is 6. The van der Waals surface area contributed by atoms with Gasteiger partial charge in [-0.1, -0.05) is 46.3 Å². The number of benzene rings is 2. The minimum Gasteiger partial charge on any atom is -0.353 e. The first kappa shape index (κ1) is 27.5. The number of carbonyl (C=O) groups excluding carboxylic acids is 1. The summed E-state index contributed by atoms with van der Waals surface area (Å²) in [4.78, 5) is 21.2. The number of aromatic nitrogens is 2. The second kappa shape index (κ2) is 11.2. The Bertz CT molecular complexity index is 1370. The van der Waals surface area contributed by atoms with Crippen LogP contribution in [-0.2, 0) is 26.2 Å². The second-order valence-electron chi connectivity index (χ2n) is 9.43. The number of anilines is 1. The van der Waals surface area contributed by atoms with Crippen LogP contribution in [0.1, 0.15) is 64.3 Å². The summed E-state index contributed by atoms with van der Waals surface area (Å²) < 4.78 is 66.1. The van der Waals surface area contributed by atoms with Crippen molar-refractivity contribution in [1.29, 1.82) is 0 Å². The molecule has 1 aromatic heterocycles. The Hall–Kier alpha value is -3.09. The van der Waals surface area contributed by atoms with Crippen LogP contribution in [0.25, 0.3) is 0 Å². The zero-order valence-electron chi connectivity index (χ0n) is 20.8. The fraction of sp³-hybridized carbons (Fsp3) is 0.370. The molecule has 0 spiro atoms. The molecule has 1 saturated carbocycles. The summed E-state index contributed by atoms with van der Waals surface area (Å²) >= 11 is 3.33. The maximum Gasteiger partial charge on any atom is 0.266 e. The third kappa shape index (κ3) is 5.92. The molecule has 3 aromatic rings. The molecule has 5 rings (SSSR count). The van der Waals surface area contributed by atoms with E-state index in [0.29, 0.717) is 30.3 Å². The Balaban J connectivity index is 1.43. The van der Waals surface area contributed by atoms with Gasteiger partial charge in [0, 0.05) is 5.56 Å². The van der Waals surface area contributed by atoms with Crippen molar-refractivity contribution in [3.05, 3.63) is 87.9 Å². The molecule has 1 unspecified atom stereocenters. The monoisotopic (exact) mass is 608 g/mol. The first-order valence-electron chi connectivity index (χ1n) is 12.3. The van der Waals surface area contributed by atoms with Crippen molar-refractivity contribution in [3.8, 4) is 0 Å². The van der Waals surface area contributed by atoms with Gasteiger partial charge in [0.05, 0.1) is 42.0 Å². The molecule has 2 aromatic carbocycles. The van der Waals surface area contributed by atoms with Gasteiger partial charge in [0.15, 0.2) is 6.29 Å². The Morgan fingerprint density at radius 3 is 2.38 bits per heavy atom. The van der Waals surface area contributed by atoms with Crippen molar-refractivity contribution in [3.63, 3.8) is 0 Å². The summed E-state index contributed by atoms with van der Waals surface area (Å²) in [7, 11) is 0. The van der Waals surface area contributed by atoms with E-state index in [-0.39, 0.29) is 29.5 Å².